The average Bonchev–Trinajstić information content (AvgIpc) is 2.91. The van der Waals surface area contributed by atoms with Crippen LogP contribution in [-0.4, -0.2) is 64.5 Å². The van der Waals surface area contributed by atoms with E-state index >= 15 is 0 Å². The van der Waals surface area contributed by atoms with Gasteiger partial charge in [0.25, 0.3) is 0 Å². The first kappa shape index (κ1) is 12.6. The molecule has 0 bridgehead atoms. The van der Waals surface area contributed by atoms with Gasteiger partial charge >= 0.3 is 0 Å². The largest absolute Gasteiger partial charge is 0.387 e. The van der Waals surface area contributed by atoms with Crippen molar-refractivity contribution >= 4 is 11.8 Å². The smallest absolute Gasteiger partial charge is 0.248 e. The number of H-pyrrole nitrogens is 1. The molecular weight excluding hydrogens is 234 g/mol. The second-order valence-electron chi connectivity index (χ2n) is 4.29. The molecule has 0 atom stereocenters. The number of carbonyl (C=O) groups is 2. The lowest BCUT2D eigenvalue weighted by atomic mass is 10.2. The lowest BCUT2D eigenvalue weighted by Crippen LogP contribution is -2.51. The van der Waals surface area contributed by atoms with Crippen molar-refractivity contribution in [1.82, 2.24) is 14.8 Å². The number of hydrogen-bond donors (Lipinski definition) is 2. The zero-order chi connectivity index (χ0) is 13.0. The summed E-state index contributed by atoms with van der Waals surface area (Å²) in [4.78, 5) is 29.6. The first-order valence-corrected chi connectivity index (χ1v) is 5.99. The van der Waals surface area contributed by atoms with Crippen molar-refractivity contribution in [2.45, 2.75) is 6.42 Å². The minimum Gasteiger partial charge on any atom is -0.387 e. The summed E-state index contributed by atoms with van der Waals surface area (Å²) in [6.45, 7) is 1.60. The van der Waals surface area contributed by atoms with Crippen molar-refractivity contribution in [2.75, 3.05) is 32.8 Å². The summed E-state index contributed by atoms with van der Waals surface area (Å²) < 4.78 is 0. The molecule has 98 valence electrons. The first-order valence-electron chi connectivity index (χ1n) is 5.99. The Bertz CT molecular complexity index is 408. The van der Waals surface area contributed by atoms with E-state index in [1.807, 2.05) is 12.1 Å². The molecule has 1 aromatic rings. The molecule has 1 fully saturated rings. The zero-order valence-corrected chi connectivity index (χ0v) is 10.1. The lowest BCUT2D eigenvalue weighted by Gasteiger charge is -2.34. The highest BCUT2D eigenvalue weighted by molar-refractivity contribution is 5.80. The van der Waals surface area contributed by atoms with Gasteiger partial charge in [-0.3, -0.25) is 9.59 Å². The molecule has 1 aliphatic rings. The molecule has 0 aliphatic carbocycles. The highest BCUT2D eigenvalue weighted by Gasteiger charge is 2.23. The van der Waals surface area contributed by atoms with Crippen LogP contribution in [0.3, 0.4) is 0 Å². The normalized spacial score (nSPS) is 15.8. The fourth-order valence-corrected chi connectivity index (χ4v) is 2.06. The van der Waals surface area contributed by atoms with Gasteiger partial charge in [0.15, 0.2) is 0 Å². The van der Waals surface area contributed by atoms with Gasteiger partial charge in [-0.1, -0.05) is 0 Å². The monoisotopic (exact) mass is 251 g/mol. The van der Waals surface area contributed by atoms with Crippen molar-refractivity contribution in [3.05, 3.63) is 24.0 Å². The van der Waals surface area contributed by atoms with Crippen molar-refractivity contribution in [2.24, 2.45) is 0 Å². The molecule has 0 unspecified atom stereocenters. The molecule has 0 spiro atoms. The quantitative estimate of drug-likeness (QED) is 0.740. The number of amides is 2. The van der Waals surface area contributed by atoms with Crippen LogP contribution in [0.4, 0.5) is 0 Å². The second-order valence-corrected chi connectivity index (χ2v) is 4.29. The van der Waals surface area contributed by atoms with Gasteiger partial charge in [0.05, 0.1) is 6.42 Å². The van der Waals surface area contributed by atoms with Crippen LogP contribution in [0.5, 0.6) is 0 Å². The van der Waals surface area contributed by atoms with E-state index in [0.29, 0.717) is 32.6 Å². The van der Waals surface area contributed by atoms with Gasteiger partial charge in [-0.05, 0) is 12.1 Å². The third-order valence-electron chi connectivity index (χ3n) is 3.12. The highest BCUT2D eigenvalue weighted by atomic mass is 16.3. The topological polar surface area (TPSA) is 76.6 Å². The van der Waals surface area contributed by atoms with Crippen molar-refractivity contribution in [3.8, 4) is 0 Å². The predicted octanol–water partition coefficient (Wildman–Crippen LogP) is -0.780. The number of aromatic nitrogens is 1. The summed E-state index contributed by atoms with van der Waals surface area (Å²) in [6, 6.07) is 3.74. The van der Waals surface area contributed by atoms with E-state index in [-0.39, 0.29) is 11.8 Å². The number of aromatic amines is 1. The van der Waals surface area contributed by atoms with E-state index in [1.165, 1.54) is 0 Å². The Balaban J connectivity index is 1.82. The molecule has 1 saturated heterocycles. The highest BCUT2D eigenvalue weighted by Crippen LogP contribution is 2.05. The molecular formula is C12H17N3O3. The number of carbonyl (C=O) groups excluding carboxylic acids is 2. The molecule has 0 radical (unpaired) electrons. The number of nitrogens with zero attached hydrogens (tertiary/aromatic N) is 2. The minimum atomic E-state index is -0.462. The zero-order valence-electron chi connectivity index (χ0n) is 10.1. The average molecular weight is 251 g/mol. The van der Waals surface area contributed by atoms with Gasteiger partial charge in [0.1, 0.15) is 6.61 Å². The van der Waals surface area contributed by atoms with Crippen LogP contribution < -0.4 is 0 Å². The van der Waals surface area contributed by atoms with Gasteiger partial charge in [-0.2, -0.15) is 0 Å². The molecule has 2 rings (SSSR count). The number of piperazine rings is 1. The van der Waals surface area contributed by atoms with Crippen LogP contribution >= 0.6 is 0 Å². The van der Waals surface area contributed by atoms with Crippen molar-refractivity contribution < 1.29 is 14.7 Å². The first-order chi connectivity index (χ1) is 8.70. The Morgan fingerprint density at radius 2 is 1.78 bits per heavy atom. The van der Waals surface area contributed by atoms with Gasteiger partial charge in [-0.15, -0.1) is 0 Å². The Morgan fingerprint density at radius 3 is 2.28 bits per heavy atom. The van der Waals surface area contributed by atoms with Crippen LogP contribution in [0, 0.1) is 0 Å². The third-order valence-corrected chi connectivity index (χ3v) is 3.12. The predicted molar refractivity (Wildman–Crippen MR) is 64.7 cm³/mol. The van der Waals surface area contributed by atoms with E-state index in [2.05, 4.69) is 4.98 Å². The van der Waals surface area contributed by atoms with Crippen LogP contribution in [0.25, 0.3) is 0 Å². The summed E-state index contributed by atoms with van der Waals surface area (Å²) in [5, 5.41) is 8.76. The Kier molecular flexibility index (Phi) is 3.99. The van der Waals surface area contributed by atoms with E-state index in [1.54, 1.807) is 16.0 Å². The third kappa shape index (κ3) is 2.89. The lowest BCUT2D eigenvalue weighted by molar-refractivity contribution is -0.140. The second kappa shape index (κ2) is 5.68. The van der Waals surface area contributed by atoms with Crippen molar-refractivity contribution in [3.63, 3.8) is 0 Å². The standard InChI is InChI=1S/C12H17N3O3/c16-9-12(18)15-6-4-14(5-7-15)11(17)8-10-2-1-3-13-10/h1-3,13,16H,4-9H2. The number of hydrogen-bond acceptors (Lipinski definition) is 3. The van der Waals surface area contributed by atoms with E-state index in [9.17, 15) is 9.59 Å². The summed E-state index contributed by atoms with van der Waals surface area (Å²) in [5.41, 5.74) is 0.897. The van der Waals surface area contributed by atoms with Crippen LogP contribution in [0.1, 0.15) is 5.69 Å². The molecule has 0 aromatic carbocycles. The van der Waals surface area contributed by atoms with Gasteiger partial charge in [0, 0.05) is 38.1 Å². The Hall–Kier alpha value is -1.82. The van der Waals surface area contributed by atoms with Crippen LogP contribution in [0.15, 0.2) is 18.3 Å². The molecule has 6 heteroatoms. The number of aliphatic hydroxyl groups excluding tert-OH is 1. The molecule has 2 N–H and O–H groups in total. The maximum atomic E-state index is 12.0. The molecule has 1 aromatic heterocycles. The summed E-state index contributed by atoms with van der Waals surface area (Å²) >= 11 is 0. The van der Waals surface area contributed by atoms with Crippen LogP contribution in [0.2, 0.25) is 0 Å². The molecule has 1 aliphatic heterocycles. The Labute approximate surface area is 105 Å². The fraction of sp³-hybridized carbons (Fsp3) is 0.500. The molecule has 0 saturated carbocycles. The molecule has 18 heavy (non-hydrogen) atoms. The van der Waals surface area contributed by atoms with E-state index in [0.717, 1.165) is 5.69 Å². The van der Waals surface area contributed by atoms with Gasteiger partial charge in [-0.25, -0.2) is 0 Å². The Morgan fingerprint density at radius 1 is 1.17 bits per heavy atom. The van der Waals surface area contributed by atoms with E-state index < -0.39 is 6.61 Å². The molecule has 2 amide bonds. The minimum absolute atomic E-state index is 0.0635. The van der Waals surface area contributed by atoms with Crippen LogP contribution in [-0.2, 0) is 16.0 Å². The maximum absolute atomic E-state index is 12.0. The van der Waals surface area contributed by atoms with Gasteiger partial charge in [0.2, 0.25) is 11.8 Å². The number of aliphatic hydroxyl groups is 1. The molecule has 2 heterocycles. The molecule has 6 nitrogen and oxygen atoms in total. The fourth-order valence-electron chi connectivity index (χ4n) is 2.06. The summed E-state index contributed by atoms with van der Waals surface area (Å²) in [7, 11) is 0. The number of nitrogens with one attached hydrogen (secondary N) is 1. The maximum Gasteiger partial charge on any atom is 0.248 e. The van der Waals surface area contributed by atoms with Gasteiger partial charge < -0.3 is 19.9 Å². The SMILES string of the molecule is O=C(CO)N1CCN(C(=O)Cc2ccc[nH]2)CC1. The van der Waals surface area contributed by atoms with E-state index in [4.69, 9.17) is 5.11 Å². The van der Waals surface area contributed by atoms with Crippen molar-refractivity contribution in [1.29, 1.82) is 0 Å². The summed E-state index contributed by atoms with van der Waals surface area (Å²) in [5.74, 6) is -0.208. The summed E-state index contributed by atoms with van der Waals surface area (Å²) in [6.07, 6.45) is 2.15. The number of rotatable bonds is 3.